The summed E-state index contributed by atoms with van der Waals surface area (Å²) in [7, 11) is -4.08. The molecule has 4 nitrogen and oxygen atoms in total. The van der Waals surface area contributed by atoms with E-state index in [0.717, 1.165) is 12.1 Å². The van der Waals surface area contributed by atoms with Gasteiger partial charge < -0.3 is 5.73 Å². The Morgan fingerprint density at radius 1 is 1.00 bits per heavy atom. The van der Waals surface area contributed by atoms with Crippen molar-refractivity contribution in [1.82, 2.24) is 0 Å². The van der Waals surface area contributed by atoms with Crippen LogP contribution in [0.1, 0.15) is 0 Å². The van der Waals surface area contributed by atoms with E-state index in [2.05, 4.69) is 31.9 Å². The Bertz CT molecular complexity index is 813. The number of benzene rings is 2. The molecule has 0 heterocycles. The van der Waals surface area contributed by atoms with Gasteiger partial charge in [0.25, 0.3) is 10.0 Å². The molecule has 0 unspecified atom stereocenters. The van der Waals surface area contributed by atoms with Gasteiger partial charge in [-0.3, -0.25) is 4.72 Å². The van der Waals surface area contributed by atoms with Crippen LogP contribution in [0.15, 0.2) is 44.2 Å². The monoisotopic (exact) mass is 440 g/mol. The van der Waals surface area contributed by atoms with Crippen molar-refractivity contribution in [3.05, 3.63) is 50.9 Å². The minimum absolute atomic E-state index is 0.101. The van der Waals surface area contributed by atoms with E-state index in [4.69, 9.17) is 5.73 Å². The van der Waals surface area contributed by atoms with Crippen LogP contribution in [-0.4, -0.2) is 8.42 Å². The third-order valence-corrected chi connectivity index (χ3v) is 5.23. The normalized spacial score (nSPS) is 11.4. The van der Waals surface area contributed by atoms with E-state index in [1.165, 1.54) is 18.2 Å². The third kappa shape index (κ3) is 3.53. The fraction of sp³-hybridized carbons (Fsp3) is 0. The number of nitrogens with one attached hydrogen (secondary N) is 1. The van der Waals surface area contributed by atoms with E-state index in [1.54, 1.807) is 0 Å². The zero-order valence-electron chi connectivity index (χ0n) is 10.2. The van der Waals surface area contributed by atoms with Gasteiger partial charge in [0.2, 0.25) is 0 Å². The van der Waals surface area contributed by atoms with Crippen LogP contribution in [0, 0.1) is 11.6 Å². The summed E-state index contributed by atoms with van der Waals surface area (Å²) < 4.78 is 53.7. The van der Waals surface area contributed by atoms with Gasteiger partial charge in [-0.25, -0.2) is 17.2 Å². The number of hydrogen-bond acceptors (Lipinski definition) is 3. The number of rotatable bonds is 3. The van der Waals surface area contributed by atoms with Crippen molar-refractivity contribution in [1.29, 1.82) is 0 Å². The summed E-state index contributed by atoms with van der Waals surface area (Å²) in [5, 5.41) is 0. The Hall–Kier alpha value is -1.19. The highest BCUT2D eigenvalue weighted by molar-refractivity contribution is 9.10. The van der Waals surface area contributed by atoms with Crippen LogP contribution in [0.4, 0.5) is 20.2 Å². The molecule has 0 bridgehead atoms. The summed E-state index contributed by atoms with van der Waals surface area (Å²) in [5.74, 6) is -1.69. The number of sulfonamides is 1. The second-order valence-corrected chi connectivity index (χ2v) is 7.43. The Labute approximate surface area is 136 Å². The lowest BCUT2D eigenvalue weighted by Gasteiger charge is -2.10. The molecule has 0 saturated heterocycles. The summed E-state index contributed by atoms with van der Waals surface area (Å²) in [4.78, 5) is -0.161. The van der Waals surface area contributed by atoms with Crippen molar-refractivity contribution in [3.63, 3.8) is 0 Å². The van der Waals surface area contributed by atoms with Crippen LogP contribution in [0.3, 0.4) is 0 Å². The number of nitrogens with two attached hydrogens (primary N) is 1. The standard InChI is InChI=1S/C12H8Br2F2N2O2S/c13-7-2-1-6(3-11(7)17)21(19,20)18-12-5-9(15)8(14)4-10(12)16/h1-5,18H,17H2. The molecule has 21 heavy (non-hydrogen) atoms. The van der Waals surface area contributed by atoms with Gasteiger partial charge in [-0.15, -0.1) is 0 Å². The lowest BCUT2D eigenvalue weighted by atomic mass is 10.3. The second-order valence-electron chi connectivity index (χ2n) is 4.03. The molecule has 2 aromatic carbocycles. The lowest BCUT2D eigenvalue weighted by Crippen LogP contribution is -2.14. The summed E-state index contributed by atoms with van der Waals surface area (Å²) in [5.41, 5.74) is 5.33. The van der Waals surface area contributed by atoms with E-state index < -0.39 is 27.3 Å². The highest BCUT2D eigenvalue weighted by atomic mass is 79.9. The molecule has 112 valence electrons. The van der Waals surface area contributed by atoms with E-state index in [1.807, 2.05) is 4.72 Å². The fourth-order valence-corrected chi connectivity index (χ4v) is 3.15. The van der Waals surface area contributed by atoms with Gasteiger partial charge >= 0.3 is 0 Å². The van der Waals surface area contributed by atoms with Gasteiger partial charge in [-0.2, -0.15) is 0 Å². The first-order chi connectivity index (χ1) is 9.70. The molecule has 0 aliphatic carbocycles. The van der Waals surface area contributed by atoms with Crippen LogP contribution < -0.4 is 10.5 Å². The molecule has 0 spiro atoms. The van der Waals surface area contributed by atoms with Gasteiger partial charge in [0, 0.05) is 16.2 Å². The quantitative estimate of drug-likeness (QED) is 0.560. The Morgan fingerprint density at radius 2 is 1.67 bits per heavy atom. The van der Waals surface area contributed by atoms with Crippen molar-refractivity contribution in [2.75, 3.05) is 10.5 Å². The van der Waals surface area contributed by atoms with Crippen molar-refractivity contribution < 1.29 is 17.2 Å². The summed E-state index contributed by atoms with van der Waals surface area (Å²) in [6.07, 6.45) is 0. The SMILES string of the molecule is Nc1cc(S(=O)(=O)Nc2cc(F)c(Br)cc2F)ccc1Br. The van der Waals surface area contributed by atoms with Gasteiger partial charge in [0.1, 0.15) is 11.6 Å². The van der Waals surface area contributed by atoms with Crippen LogP contribution in [0.2, 0.25) is 0 Å². The molecule has 0 aromatic heterocycles. The van der Waals surface area contributed by atoms with E-state index >= 15 is 0 Å². The molecule has 0 radical (unpaired) electrons. The zero-order valence-corrected chi connectivity index (χ0v) is 14.2. The number of hydrogen-bond donors (Lipinski definition) is 2. The number of anilines is 2. The molecule has 0 amide bonds. The first-order valence-corrected chi connectivity index (χ1v) is 8.50. The molecule has 3 N–H and O–H groups in total. The molecule has 0 saturated carbocycles. The topological polar surface area (TPSA) is 72.2 Å². The summed E-state index contributed by atoms with van der Waals surface area (Å²) in [6.45, 7) is 0. The highest BCUT2D eigenvalue weighted by Gasteiger charge is 2.18. The third-order valence-electron chi connectivity index (χ3n) is 2.53. The first-order valence-electron chi connectivity index (χ1n) is 5.43. The van der Waals surface area contributed by atoms with Crippen LogP contribution in [-0.2, 0) is 10.0 Å². The van der Waals surface area contributed by atoms with Crippen molar-refractivity contribution in [2.45, 2.75) is 4.90 Å². The minimum Gasteiger partial charge on any atom is -0.398 e. The van der Waals surface area contributed by atoms with Gasteiger partial charge in [0.05, 0.1) is 15.1 Å². The Morgan fingerprint density at radius 3 is 2.29 bits per heavy atom. The first kappa shape index (κ1) is 16.2. The summed E-state index contributed by atoms with van der Waals surface area (Å²) >= 11 is 5.95. The van der Waals surface area contributed by atoms with Crippen LogP contribution in [0.25, 0.3) is 0 Å². The molecule has 2 aromatic rings. The minimum atomic E-state index is -4.08. The van der Waals surface area contributed by atoms with E-state index in [0.29, 0.717) is 4.47 Å². The molecule has 0 aliphatic rings. The van der Waals surface area contributed by atoms with Gasteiger partial charge in [0.15, 0.2) is 0 Å². The molecule has 2 rings (SSSR count). The van der Waals surface area contributed by atoms with Gasteiger partial charge in [-0.1, -0.05) is 0 Å². The lowest BCUT2D eigenvalue weighted by molar-refractivity contribution is 0.592. The Balaban J connectivity index is 2.42. The predicted molar refractivity (Wildman–Crippen MR) is 83.4 cm³/mol. The smallest absolute Gasteiger partial charge is 0.262 e. The van der Waals surface area contributed by atoms with Crippen molar-refractivity contribution in [2.24, 2.45) is 0 Å². The maximum atomic E-state index is 13.7. The molecule has 9 heteroatoms. The number of nitrogen functional groups attached to an aromatic ring is 1. The number of halogens is 4. The predicted octanol–water partition coefficient (Wildman–Crippen LogP) is 3.87. The molecular weight excluding hydrogens is 434 g/mol. The second kappa shape index (κ2) is 5.90. The molecule has 0 atom stereocenters. The van der Waals surface area contributed by atoms with Crippen molar-refractivity contribution in [3.8, 4) is 0 Å². The van der Waals surface area contributed by atoms with Crippen LogP contribution >= 0.6 is 31.9 Å². The average Bonchev–Trinajstić information content (AvgIpc) is 2.39. The van der Waals surface area contributed by atoms with E-state index in [9.17, 15) is 17.2 Å². The Kier molecular flexibility index (Phi) is 4.54. The maximum absolute atomic E-state index is 13.7. The summed E-state index contributed by atoms with van der Waals surface area (Å²) in [6, 6.07) is 5.53. The average molecular weight is 442 g/mol. The van der Waals surface area contributed by atoms with Gasteiger partial charge in [-0.05, 0) is 56.1 Å². The highest BCUT2D eigenvalue weighted by Crippen LogP contribution is 2.27. The fourth-order valence-electron chi connectivity index (χ4n) is 1.49. The molecule has 0 fully saturated rings. The van der Waals surface area contributed by atoms with E-state index in [-0.39, 0.29) is 15.1 Å². The van der Waals surface area contributed by atoms with Crippen LogP contribution in [0.5, 0.6) is 0 Å². The van der Waals surface area contributed by atoms with Crippen molar-refractivity contribution >= 4 is 53.3 Å². The zero-order chi connectivity index (χ0) is 15.8. The molecular formula is C12H8Br2F2N2O2S. The molecule has 0 aliphatic heterocycles. The maximum Gasteiger partial charge on any atom is 0.262 e. The largest absolute Gasteiger partial charge is 0.398 e.